The number of rotatable bonds is 4. The summed E-state index contributed by atoms with van der Waals surface area (Å²) in [7, 11) is 0. The first kappa shape index (κ1) is 17.3. The van der Waals surface area contributed by atoms with E-state index in [1.54, 1.807) is 0 Å². The van der Waals surface area contributed by atoms with Gasteiger partial charge in [-0.2, -0.15) is 0 Å². The van der Waals surface area contributed by atoms with Crippen molar-refractivity contribution in [3.05, 3.63) is 94.4 Å². The summed E-state index contributed by atoms with van der Waals surface area (Å²) in [4.78, 5) is 13.7. The van der Waals surface area contributed by atoms with Crippen molar-refractivity contribution in [2.75, 3.05) is 5.32 Å². The molecule has 0 saturated heterocycles. The van der Waals surface area contributed by atoms with E-state index in [4.69, 9.17) is 0 Å². The Hall–Kier alpha value is -3.11. The Morgan fingerprint density at radius 2 is 1.63 bits per heavy atom. The van der Waals surface area contributed by atoms with Gasteiger partial charge in [0.1, 0.15) is 4.88 Å². The van der Waals surface area contributed by atoms with Gasteiger partial charge in [0.05, 0.1) is 5.69 Å². The molecule has 4 rings (SSSR count). The molecule has 0 radical (unpaired) electrons. The highest BCUT2D eigenvalue weighted by Gasteiger charge is 2.20. The second kappa shape index (κ2) is 7.25. The third-order valence-electron chi connectivity index (χ3n) is 4.44. The van der Waals surface area contributed by atoms with Crippen LogP contribution in [0.5, 0.6) is 0 Å². The van der Waals surface area contributed by atoms with Crippen LogP contribution in [-0.4, -0.2) is 10.5 Å². The highest BCUT2D eigenvalue weighted by atomic mass is 32.1. The molecule has 0 aliphatic rings. The number of aryl methyl sites for hydroxylation is 2. The first-order valence-electron chi connectivity index (χ1n) is 8.82. The largest absolute Gasteiger partial charge is 0.322 e. The van der Waals surface area contributed by atoms with Crippen LogP contribution in [0, 0.1) is 13.8 Å². The minimum atomic E-state index is -0.0896. The Kier molecular flexibility index (Phi) is 4.65. The molecule has 1 N–H and O–H groups in total. The summed E-state index contributed by atoms with van der Waals surface area (Å²) in [6.07, 6.45) is 3.95. The summed E-state index contributed by atoms with van der Waals surface area (Å²) in [6, 6.07) is 20.2. The Labute approximate surface area is 162 Å². The topological polar surface area (TPSA) is 34.0 Å². The quantitative estimate of drug-likeness (QED) is 0.463. The van der Waals surface area contributed by atoms with Gasteiger partial charge in [-0.15, -0.1) is 11.3 Å². The smallest absolute Gasteiger partial charge is 0.267 e. The second-order valence-corrected chi connectivity index (χ2v) is 7.49. The van der Waals surface area contributed by atoms with E-state index in [-0.39, 0.29) is 5.91 Å². The third-order valence-corrected chi connectivity index (χ3v) is 5.41. The standard InChI is InChI=1S/C23H20N2OS/c1-16-7-5-9-18(13-16)20-15-27-22(21(20)25-11-3-4-12-25)23(26)24-19-10-6-8-17(2)14-19/h3-15H,1-2H3,(H,24,26). The number of nitrogens with one attached hydrogen (secondary N) is 1. The SMILES string of the molecule is Cc1cccc(NC(=O)c2scc(-c3cccc(C)c3)c2-n2cccc2)c1. The highest BCUT2D eigenvalue weighted by molar-refractivity contribution is 7.13. The number of benzene rings is 2. The van der Waals surface area contributed by atoms with E-state index < -0.39 is 0 Å². The monoisotopic (exact) mass is 372 g/mol. The molecule has 2 aromatic carbocycles. The lowest BCUT2D eigenvalue weighted by Crippen LogP contribution is -2.13. The molecule has 0 atom stereocenters. The van der Waals surface area contributed by atoms with Gasteiger partial charge in [-0.05, 0) is 49.2 Å². The minimum Gasteiger partial charge on any atom is -0.322 e. The number of carbonyl (C=O) groups excluding carboxylic acids is 1. The van der Waals surface area contributed by atoms with E-state index in [0.29, 0.717) is 4.88 Å². The molecule has 0 aliphatic heterocycles. The van der Waals surface area contributed by atoms with Crippen LogP contribution in [0.3, 0.4) is 0 Å². The summed E-state index contributed by atoms with van der Waals surface area (Å²) in [6.45, 7) is 4.10. The zero-order chi connectivity index (χ0) is 18.8. The van der Waals surface area contributed by atoms with Crippen LogP contribution >= 0.6 is 11.3 Å². The van der Waals surface area contributed by atoms with E-state index in [0.717, 1.165) is 28.1 Å². The molecule has 134 valence electrons. The van der Waals surface area contributed by atoms with Crippen LogP contribution in [-0.2, 0) is 0 Å². The van der Waals surface area contributed by atoms with Crippen LogP contribution in [0.15, 0.2) is 78.4 Å². The fourth-order valence-corrected chi connectivity index (χ4v) is 4.15. The second-order valence-electron chi connectivity index (χ2n) is 6.61. The Morgan fingerprint density at radius 3 is 2.33 bits per heavy atom. The first-order chi connectivity index (χ1) is 13.1. The van der Waals surface area contributed by atoms with E-state index in [1.807, 2.05) is 66.3 Å². The fourth-order valence-electron chi connectivity index (χ4n) is 3.18. The molecule has 0 saturated carbocycles. The maximum Gasteiger partial charge on any atom is 0.267 e. The van der Waals surface area contributed by atoms with Gasteiger partial charge in [0.25, 0.3) is 5.91 Å². The van der Waals surface area contributed by atoms with Crippen LogP contribution in [0.4, 0.5) is 5.69 Å². The van der Waals surface area contributed by atoms with Crippen LogP contribution in [0.1, 0.15) is 20.8 Å². The number of aromatic nitrogens is 1. The molecule has 0 unspecified atom stereocenters. The van der Waals surface area contributed by atoms with Crippen LogP contribution < -0.4 is 5.32 Å². The van der Waals surface area contributed by atoms with Gasteiger partial charge >= 0.3 is 0 Å². The number of hydrogen-bond donors (Lipinski definition) is 1. The number of carbonyl (C=O) groups is 1. The van der Waals surface area contributed by atoms with Crippen molar-refractivity contribution in [2.24, 2.45) is 0 Å². The van der Waals surface area contributed by atoms with E-state index >= 15 is 0 Å². The van der Waals surface area contributed by atoms with Crippen molar-refractivity contribution >= 4 is 22.9 Å². The number of hydrogen-bond acceptors (Lipinski definition) is 2. The third kappa shape index (κ3) is 3.57. The molecule has 2 heterocycles. The average Bonchev–Trinajstić information content (AvgIpc) is 3.31. The lowest BCUT2D eigenvalue weighted by molar-refractivity contribution is 0.103. The molecule has 0 spiro atoms. The Balaban J connectivity index is 1.78. The minimum absolute atomic E-state index is 0.0896. The number of thiophene rings is 1. The predicted molar refractivity (Wildman–Crippen MR) is 113 cm³/mol. The molecule has 4 heteroatoms. The number of nitrogens with zero attached hydrogens (tertiary/aromatic N) is 1. The van der Waals surface area contributed by atoms with Gasteiger partial charge in [-0.1, -0.05) is 42.0 Å². The molecule has 0 bridgehead atoms. The number of amides is 1. The molecule has 1 amide bonds. The molecule has 0 fully saturated rings. The van der Waals surface area contributed by atoms with Crippen molar-refractivity contribution < 1.29 is 4.79 Å². The van der Waals surface area contributed by atoms with Gasteiger partial charge in [0.15, 0.2) is 0 Å². The summed E-state index contributed by atoms with van der Waals surface area (Å²) < 4.78 is 2.01. The summed E-state index contributed by atoms with van der Waals surface area (Å²) in [5.41, 5.74) is 6.22. The lowest BCUT2D eigenvalue weighted by atomic mass is 10.0. The predicted octanol–water partition coefficient (Wildman–Crippen LogP) is 6.07. The van der Waals surface area contributed by atoms with Crippen molar-refractivity contribution in [3.63, 3.8) is 0 Å². The first-order valence-corrected chi connectivity index (χ1v) is 9.70. The molecule has 3 nitrogen and oxygen atoms in total. The van der Waals surface area contributed by atoms with Crippen molar-refractivity contribution in [1.29, 1.82) is 0 Å². The van der Waals surface area contributed by atoms with Gasteiger partial charge in [0, 0.05) is 29.0 Å². The zero-order valence-electron chi connectivity index (χ0n) is 15.3. The molecule has 2 aromatic heterocycles. The maximum absolute atomic E-state index is 13.0. The van der Waals surface area contributed by atoms with Gasteiger partial charge in [0.2, 0.25) is 0 Å². The molecule has 4 aromatic rings. The van der Waals surface area contributed by atoms with E-state index in [9.17, 15) is 4.79 Å². The van der Waals surface area contributed by atoms with Crippen LogP contribution in [0.25, 0.3) is 16.8 Å². The van der Waals surface area contributed by atoms with Crippen LogP contribution in [0.2, 0.25) is 0 Å². The average molecular weight is 372 g/mol. The molecule has 27 heavy (non-hydrogen) atoms. The van der Waals surface area contributed by atoms with Crippen molar-refractivity contribution in [3.8, 4) is 16.8 Å². The summed E-state index contributed by atoms with van der Waals surface area (Å²) in [5.74, 6) is -0.0896. The fraction of sp³-hybridized carbons (Fsp3) is 0.0870. The van der Waals surface area contributed by atoms with Crippen molar-refractivity contribution in [2.45, 2.75) is 13.8 Å². The van der Waals surface area contributed by atoms with E-state index in [2.05, 4.69) is 35.8 Å². The van der Waals surface area contributed by atoms with E-state index in [1.165, 1.54) is 16.9 Å². The van der Waals surface area contributed by atoms with Gasteiger partial charge in [-0.25, -0.2) is 0 Å². The van der Waals surface area contributed by atoms with Gasteiger partial charge in [-0.3, -0.25) is 4.79 Å². The normalized spacial score (nSPS) is 10.7. The Bertz CT molecular complexity index is 1090. The summed E-state index contributed by atoms with van der Waals surface area (Å²) >= 11 is 1.47. The van der Waals surface area contributed by atoms with Crippen molar-refractivity contribution in [1.82, 2.24) is 4.57 Å². The zero-order valence-corrected chi connectivity index (χ0v) is 16.1. The Morgan fingerprint density at radius 1 is 0.926 bits per heavy atom. The summed E-state index contributed by atoms with van der Waals surface area (Å²) in [5, 5.41) is 5.10. The lowest BCUT2D eigenvalue weighted by Gasteiger charge is -2.11. The molecule has 0 aliphatic carbocycles. The molecular weight excluding hydrogens is 352 g/mol. The number of anilines is 1. The van der Waals surface area contributed by atoms with Gasteiger partial charge < -0.3 is 9.88 Å². The molecular formula is C23H20N2OS. The maximum atomic E-state index is 13.0. The highest BCUT2D eigenvalue weighted by Crippen LogP contribution is 2.35.